The molecule has 3 aromatic heterocycles. The lowest BCUT2D eigenvalue weighted by Gasteiger charge is -2.26. The van der Waals surface area contributed by atoms with Gasteiger partial charge < -0.3 is 14.2 Å². The maximum atomic E-state index is 9.22. The van der Waals surface area contributed by atoms with Crippen LogP contribution in [-0.2, 0) is 5.41 Å². The van der Waals surface area contributed by atoms with Crippen molar-refractivity contribution in [3.63, 3.8) is 0 Å². The largest absolute Gasteiger partial charge is 0.310 e. The normalized spacial score (nSPS) is 14.4. The molecule has 322 valence electrons. The Balaban J connectivity index is 1.00. The van der Waals surface area contributed by atoms with Crippen LogP contribution in [-0.4, -0.2) is 4.40 Å². The van der Waals surface area contributed by atoms with E-state index in [1.165, 1.54) is 5.56 Å². The van der Waals surface area contributed by atoms with Crippen LogP contribution in [0.5, 0.6) is 0 Å². The summed E-state index contributed by atoms with van der Waals surface area (Å²) >= 11 is 1.65. The van der Waals surface area contributed by atoms with Gasteiger partial charge in [0.25, 0.3) is 0 Å². The van der Waals surface area contributed by atoms with Crippen LogP contribution in [0.1, 0.15) is 40.0 Å². The van der Waals surface area contributed by atoms with E-state index >= 15 is 0 Å². The molecule has 0 aliphatic rings. The summed E-state index contributed by atoms with van der Waals surface area (Å²) in [5.41, 5.74) is 6.71. The van der Waals surface area contributed by atoms with Crippen molar-refractivity contribution in [1.29, 1.82) is 0 Å². The number of fused-ring (bicyclic) bond motifs is 13. The summed E-state index contributed by atoms with van der Waals surface area (Å²) in [7, 11) is 0. The van der Waals surface area contributed by atoms with Crippen LogP contribution in [0, 0.1) is 0 Å². The zero-order valence-corrected chi connectivity index (χ0v) is 38.1. The summed E-state index contributed by atoms with van der Waals surface area (Å²) in [4.78, 5) is 3.58. The van der Waals surface area contributed by atoms with Gasteiger partial charge >= 0.3 is 0 Å². The minimum absolute atomic E-state index is 0.0601. The quantitative estimate of drug-likeness (QED) is 0.165. The molecule has 0 saturated heterocycles. The van der Waals surface area contributed by atoms with Crippen LogP contribution in [0.25, 0.3) is 90.6 Å². The third-order valence-electron chi connectivity index (χ3n) is 13.7. The Morgan fingerprint density at radius 3 is 1.53 bits per heavy atom. The fraction of sp³-hybridized carbons (Fsp3) is 0.0625. The van der Waals surface area contributed by atoms with E-state index in [2.05, 4.69) is 85.8 Å². The second-order valence-corrected chi connectivity index (χ2v) is 19.8. The van der Waals surface area contributed by atoms with Crippen molar-refractivity contribution in [2.24, 2.45) is 0 Å². The van der Waals surface area contributed by atoms with E-state index in [9.17, 15) is 2.74 Å². The van der Waals surface area contributed by atoms with Crippen LogP contribution >= 0.6 is 11.3 Å². The highest BCUT2D eigenvalue weighted by Crippen LogP contribution is 2.48. The average molecular weight is 898 g/mol. The van der Waals surface area contributed by atoms with Crippen molar-refractivity contribution in [1.82, 2.24) is 4.40 Å². The van der Waals surface area contributed by atoms with Crippen molar-refractivity contribution in [3.05, 3.63) is 224 Å². The standard InChI is InChI=1S/C64H45N3S/c1-64(2,3)45-35-56-52-29-27-50(65(46-18-6-4-7-19-46)48-25-22-40-14-10-12-16-42(40)32-48)37-59(52)67-58-34-44-24-31-60-62(54(44)39-55(58)57(36-45)63(56)67)53-30-28-51(38-61(53)68-60)66(47-20-8-5-9-21-47)49-26-23-41-15-11-13-17-43(41)33-49/h4-39H,1-3H3/i4D,5D,6D,7D,8D,9D,18D,19D,20D,21D. The van der Waals surface area contributed by atoms with Gasteiger partial charge in [-0.15, -0.1) is 11.3 Å². The molecule has 0 aliphatic carbocycles. The molecule has 0 radical (unpaired) electrons. The van der Waals surface area contributed by atoms with Gasteiger partial charge in [-0.3, -0.25) is 0 Å². The number of para-hydroxylation sites is 2. The summed E-state index contributed by atoms with van der Waals surface area (Å²) < 4.78 is 92.7. The smallest absolute Gasteiger partial charge is 0.0645 e. The predicted molar refractivity (Wildman–Crippen MR) is 295 cm³/mol. The van der Waals surface area contributed by atoms with Gasteiger partial charge in [-0.05, 0) is 146 Å². The lowest BCUT2D eigenvalue weighted by atomic mass is 9.85. The monoisotopic (exact) mass is 897 g/mol. The lowest BCUT2D eigenvalue weighted by molar-refractivity contribution is 0.592. The summed E-state index contributed by atoms with van der Waals surface area (Å²) in [6.45, 7) is 6.68. The van der Waals surface area contributed by atoms with Gasteiger partial charge in [-0.25, -0.2) is 0 Å². The van der Waals surface area contributed by atoms with Crippen LogP contribution in [0.4, 0.5) is 34.1 Å². The zero-order valence-electron chi connectivity index (χ0n) is 47.3. The maximum absolute atomic E-state index is 9.22. The average Bonchev–Trinajstić information content (AvgIpc) is 4.20. The minimum atomic E-state index is -0.451. The molecule has 0 unspecified atom stereocenters. The first-order valence-corrected chi connectivity index (χ1v) is 23.6. The van der Waals surface area contributed by atoms with Crippen molar-refractivity contribution >= 4 is 136 Å². The van der Waals surface area contributed by atoms with E-state index in [4.69, 9.17) is 11.0 Å². The summed E-state index contributed by atoms with van der Waals surface area (Å²) in [5, 5.41) is 12.5. The van der Waals surface area contributed by atoms with Gasteiger partial charge in [0.1, 0.15) is 0 Å². The molecule has 11 aromatic carbocycles. The molecule has 4 heteroatoms. The highest BCUT2D eigenvalue weighted by atomic mass is 32.1. The molecule has 0 amide bonds. The van der Waals surface area contributed by atoms with Crippen LogP contribution < -0.4 is 9.80 Å². The zero-order chi connectivity index (χ0) is 54.0. The van der Waals surface area contributed by atoms with Gasteiger partial charge in [0.15, 0.2) is 0 Å². The first kappa shape index (κ1) is 30.2. The predicted octanol–water partition coefficient (Wildman–Crippen LogP) is 18.9. The molecule has 0 N–H and O–H groups in total. The van der Waals surface area contributed by atoms with E-state index in [-0.39, 0.29) is 41.0 Å². The molecule has 14 rings (SSSR count). The Labute approximate surface area is 412 Å². The molecule has 0 saturated carbocycles. The van der Waals surface area contributed by atoms with E-state index in [1.807, 2.05) is 97.1 Å². The van der Waals surface area contributed by atoms with Crippen molar-refractivity contribution in [2.75, 3.05) is 9.80 Å². The number of aromatic nitrogens is 1. The Hall–Kier alpha value is -8.18. The maximum Gasteiger partial charge on any atom is 0.0645 e. The second-order valence-electron chi connectivity index (χ2n) is 18.7. The Morgan fingerprint density at radius 1 is 0.397 bits per heavy atom. The van der Waals surface area contributed by atoms with E-state index < -0.39 is 36.3 Å². The number of hydrogen-bond acceptors (Lipinski definition) is 3. The van der Waals surface area contributed by atoms with Crippen molar-refractivity contribution in [3.8, 4) is 0 Å². The fourth-order valence-corrected chi connectivity index (χ4v) is 11.6. The molecule has 0 fully saturated rings. The number of thiophene rings is 1. The van der Waals surface area contributed by atoms with Crippen LogP contribution in [0.15, 0.2) is 218 Å². The molecule has 3 nitrogen and oxygen atoms in total. The highest BCUT2D eigenvalue weighted by molar-refractivity contribution is 7.26. The van der Waals surface area contributed by atoms with Crippen molar-refractivity contribution < 1.29 is 13.7 Å². The van der Waals surface area contributed by atoms with Gasteiger partial charge in [0.05, 0.1) is 30.3 Å². The topological polar surface area (TPSA) is 10.9 Å². The molecule has 0 aliphatic heterocycles. The Kier molecular flexibility index (Phi) is 6.50. The van der Waals surface area contributed by atoms with Crippen LogP contribution in [0.2, 0.25) is 0 Å². The van der Waals surface area contributed by atoms with Gasteiger partial charge in [-0.1, -0.05) is 136 Å². The third-order valence-corrected chi connectivity index (χ3v) is 14.8. The number of anilines is 6. The SMILES string of the molecule is [2H]c1c([2H])c([2H])c(N(c2ccc3ccccc3c2)c2ccc3c(c2)sc2ccc4cc5c(cc4c23)c2cc(C(C)(C)C)cc3c4ccc(N(c6ccc7ccccc7c6)c6c([2H])c([2H])c([2H])c([2H])c6[2H])cc4n5c32)c([2H])c1[2H]. The molecule has 14 aromatic rings. The summed E-state index contributed by atoms with van der Waals surface area (Å²) in [5.74, 6) is 0. The van der Waals surface area contributed by atoms with Gasteiger partial charge in [0, 0.05) is 75.8 Å². The first-order valence-electron chi connectivity index (χ1n) is 27.7. The molecule has 3 heterocycles. The van der Waals surface area contributed by atoms with E-state index in [0.29, 0.717) is 22.7 Å². The fourth-order valence-electron chi connectivity index (χ4n) is 10.5. The van der Waals surface area contributed by atoms with E-state index in [0.717, 1.165) is 90.6 Å². The number of nitrogens with zero attached hydrogens (tertiary/aromatic N) is 3. The van der Waals surface area contributed by atoms with Crippen LogP contribution in [0.3, 0.4) is 0 Å². The first-order chi connectivity index (χ1) is 37.5. The Morgan fingerprint density at radius 2 is 0.912 bits per heavy atom. The minimum Gasteiger partial charge on any atom is -0.310 e. The Bertz CT molecular complexity index is 4880. The van der Waals surface area contributed by atoms with Gasteiger partial charge in [-0.2, -0.15) is 0 Å². The second kappa shape index (κ2) is 14.7. The van der Waals surface area contributed by atoms with Crippen molar-refractivity contribution in [2.45, 2.75) is 26.2 Å². The number of hydrogen-bond donors (Lipinski definition) is 0. The number of benzene rings is 11. The molecule has 0 atom stereocenters. The highest BCUT2D eigenvalue weighted by Gasteiger charge is 2.25. The number of rotatable bonds is 6. The summed E-state index contributed by atoms with van der Waals surface area (Å²) in [6, 6.07) is 49.9. The molecule has 68 heavy (non-hydrogen) atoms. The molecular formula is C64H45N3S. The van der Waals surface area contributed by atoms with Gasteiger partial charge in [0.2, 0.25) is 0 Å². The third kappa shape index (κ3) is 5.97. The lowest BCUT2D eigenvalue weighted by Crippen LogP contribution is -2.10. The van der Waals surface area contributed by atoms with E-state index in [1.54, 1.807) is 21.1 Å². The molecule has 0 bridgehead atoms. The molecule has 0 spiro atoms. The summed E-state index contributed by atoms with van der Waals surface area (Å²) in [6.07, 6.45) is 0. The molecular weight excluding hydrogens is 843 g/mol.